The first kappa shape index (κ1) is 18.3. The summed E-state index contributed by atoms with van der Waals surface area (Å²) in [4.78, 5) is 0. The lowest BCUT2D eigenvalue weighted by Gasteiger charge is -2.38. The summed E-state index contributed by atoms with van der Waals surface area (Å²) in [6.45, 7) is 16.4. The van der Waals surface area contributed by atoms with Gasteiger partial charge in [0, 0.05) is 5.56 Å². The first-order valence-electron chi connectivity index (χ1n) is 8.71. The first-order chi connectivity index (χ1) is 10.7. The van der Waals surface area contributed by atoms with Crippen LogP contribution in [0.2, 0.25) is 18.1 Å². The normalized spacial score (nSPS) is 18.5. The van der Waals surface area contributed by atoms with Crippen molar-refractivity contribution in [2.24, 2.45) is 0 Å². The topological polar surface area (TPSA) is 18.5 Å². The second kappa shape index (κ2) is 6.82. The second-order valence-corrected chi connectivity index (χ2v) is 12.8. The average Bonchev–Trinajstić information content (AvgIpc) is 2.85. The van der Waals surface area contributed by atoms with Gasteiger partial charge in [0.25, 0.3) is 0 Å². The summed E-state index contributed by atoms with van der Waals surface area (Å²) in [7, 11) is -1.79. The number of ether oxygens (including phenoxy) is 1. The van der Waals surface area contributed by atoms with Gasteiger partial charge in [0.2, 0.25) is 0 Å². The van der Waals surface area contributed by atoms with Crippen LogP contribution in [0.3, 0.4) is 0 Å². The zero-order valence-electron chi connectivity index (χ0n) is 15.8. The van der Waals surface area contributed by atoms with E-state index in [4.69, 9.17) is 9.16 Å². The summed E-state index contributed by atoms with van der Waals surface area (Å²) < 4.78 is 12.8. The van der Waals surface area contributed by atoms with Crippen LogP contribution in [0.4, 0.5) is 0 Å². The Morgan fingerprint density at radius 3 is 2.57 bits per heavy atom. The first-order valence-corrected chi connectivity index (χ1v) is 11.6. The van der Waals surface area contributed by atoms with Crippen molar-refractivity contribution in [1.29, 1.82) is 0 Å². The molecule has 1 aliphatic rings. The summed E-state index contributed by atoms with van der Waals surface area (Å²) in [6.07, 6.45) is 6.43. The maximum atomic E-state index is 6.73. The quantitative estimate of drug-likeness (QED) is 0.489. The van der Waals surface area contributed by atoms with Gasteiger partial charge in [0.05, 0.1) is 6.10 Å². The van der Waals surface area contributed by atoms with Gasteiger partial charge in [0.15, 0.2) is 8.32 Å². The van der Waals surface area contributed by atoms with E-state index < -0.39 is 8.32 Å². The van der Waals surface area contributed by atoms with Crippen LogP contribution in [0.15, 0.2) is 24.3 Å². The highest BCUT2D eigenvalue weighted by Crippen LogP contribution is 2.47. The lowest BCUT2D eigenvalue weighted by molar-refractivity contribution is 0.180. The van der Waals surface area contributed by atoms with E-state index in [2.05, 4.69) is 52.9 Å². The molecule has 1 atom stereocenters. The van der Waals surface area contributed by atoms with Gasteiger partial charge in [-0.25, -0.2) is 0 Å². The third kappa shape index (κ3) is 3.89. The van der Waals surface area contributed by atoms with Crippen molar-refractivity contribution in [2.45, 2.75) is 71.7 Å². The van der Waals surface area contributed by atoms with Crippen LogP contribution in [0.25, 0.3) is 0 Å². The molecule has 1 aromatic carbocycles. The lowest BCUT2D eigenvalue weighted by atomic mass is 10.0. The highest BCUT2D eigenvalue weighted by atomic mass is 28.4. The van der Waals surface area contributed by atoms with E-state index in [9.17, 15) is 0 Å². The molecule has 0 radical (unpaired) electrons. The summed E-state index contributed by atoms with van der Waals surface area (Å²) in [5.41, 5.74) is 4.10. The number of allylic oxidation sites excluding steroid dienone is 1. The largest absolute Gasteiger partial charge is 0.489 e. The van der Waals surface area contributed by atoms with E-state index in [0.717, 1.165) is 18.6 Å². The van der Waals surface area contributed by atoms with Gasteiger partial charge < -0.3 is 9.16 Å². The minimum absolute atomic E-state index is 0.186. The third-order valence-corrected chi connectivity index (χ3v) is 9.83. The Morgan fingerprint density at radius 1 is 1.26 bits per heavy atom. The second-order valence-electron chi connectivity index (χ2n) is 8.06. The summed E-state index contributed by atoms with van der Waals surface area (Å²) >= 11 is 0. The summed E-state index contributed by atoms with van der Waals surface area (Å²) in [6, 6.07) is 4.30. The van der Waals surface area contributed by atoms with Crippen LogP contribution in [0, 0.1) is 6.92 Å². The van der Waals surface area contributed by atoms with E-state index in [0.29, 0.717) is 6.61 Å². The van der Waals surface area contributed by atoms with Gasteiger partial charge in [-0.05, 0) is 62.0 Å². The maximum Gasteiger partial charge on any atom is 0.192 e. The monoisotopic (exact) mass is 332 g/mol. The third-order valence-electron chi connectivity index (χ3n) is 5.34. The van der Waals surface area contributed by atoms with Crippen molar-refractivity contribution in [3.8, 4) is 5.75 Å². The Bertz CT molecular complexity index is 582. The van der Waals surface area contributed by atoms with E-state index in [1.807, 2.05) is 19.1 Å². The van der Waals surface area contributed by atoms with Gasteiger partial charge in [-0.3, -0.25) is 0 Å². The van der Waals surface area contributed by atoms with Gasteiger partial charge in [-0.1, -0.05) is 39.0 Å². The fourth-order valence-corrected chi connectivity index (χ4v) is 4.17. The molecule has 0 spiro atoms. The Morgan fingerprint density at radius 2 is 1.96 bits per heavy atom. The Balaban J connectivity index is 2.31. The van der Waals surface area contributed by atoms with Crippen molar-refractivity contribution >= 4 is 8.32 Å². The number of hydrogen-bond acceptors (Lipinski definition) is 2. The van der Waals surface area contributed by atoms with Crippen molar-refractivity contribution in [1.82, 2.24) is 0 Å². The van der Waals surface area contributed by atoms with Crippen molar-refractivity contribution in [2.75, 3.05) is 6.61 Å². The SMILES string of the molecule is C/C=C/COc1ccc(C)c2c1C(O[Si](C)(C)C(C)(C)C)CC2. The molecule has 2 nitrogen and oxygen atoms in total. The van der Waals surface area contributed by atoms with Crippen molar-refractivity contribution in [3.63, 3.8) is 0 Å². The van der Waals surface area contributed by atoms with Crippen LogP contribution >= 0.6 is 0 Å². The van der Waals surface area contributed by atoms with Crippen LogP contribution in [0.1, 0.15) is 56.9 Å². The molecule has 1 aliphatic carbocycles. The standard InChI is InChI=1S/C20H32O2Si/c1-8-9-14-21-17-12-10-15(2)16-11-13-18(19(16)17)22-23(6,7)20(3,4)5/h8-10,12,18H,11,13-14H2,1-7H3/b9-8+. The molecule has 3 heteroatoms. The molecular weight excluding hydrogens is 300 g/mol. The maximum absolute atomic E-state index is 6.73. The number of aryl methyl sites for hydroxylation is 1. The van der Waals surface area contributed by atoms with Crippen LogP contribution in [-0.2, 0) is 10.8 Å². The van der Waals surface area contributed by atoms with Crippen molar-refractivity contribution in [3.05, 3.63) is 41.0 Å². The lowest BCUT2D eigenvalue weighted by Crippen LogP contribution is -2.41. The van der Waals surface area contributed by atoms with E-state index in [-0.39, 0.29) is 11.1 Å². The number of hydrogen-bond donors (Lipinski definition) is 0. The molecule has 0 aromatic heterocycles. The molecular formula is C20H32O2Si. The fraction of sp³-hybridized carbons (Fsp3) is 0.600. The molecule has 0 saturated heterocycles. The molecule has 2 rings (SSSR count). The van der Waals surface area contributed by atoms with Crippen LogP contribution < -0.4 is 4.74 Å². The van der Waals surface area contributed by atoms with Gasteiger partial charge >= 0.3 is 0 Å². The predicted molar refractivity (Wildman–Crippen MR) is 101 cm³/mol. The smallest absolute Gasteiger partial charge is 0.192 e. The molecule has 0 bridgehead atoms. The molecule has 128 valence electrons. The molecule has 0 N–H and O–H groups in total. The van der Waals surface area contributed by atoms with Crippen LogP contribution in [0.5, 0.6) is 5.75 Å². The molecule has 1 aromatic rings. The Hall–Kier alpha value is -1.06. The van der Waals surface area contributed by atoms with Gasteiger partial charge in [0.1, 0.15) is 12.4 Å². The van der Waals surface area contributed by atoms with E-state index in [1.54, 1.807) is 0 Å². The number of rotatable bonds is 5. The Kier molecular flexibility index (Phi) is 5.42. The molecule has 0 saturated carbocycles. The average molecular weight is 333 g/mol. The molecule has 1 unspecified atom stereocenters. The molecule has 23 heavy (non-hydrogen) atoms. The summed E-state index contributed by atoms with van der Waals surface area (Å²) in [5, 5.41) is 0.228. The zero-order valence-corrected chi connectivity index (χ0v) is 16.8. The molecule has 0 aliphatic heterocycles. The summed E-state index contributed by atoms with van der Waals surface area (Å²) in [5.74, 6) is 1.00. The molecule has 0 fully saturated rings. The number of benzene rings is 1. The Labute approximate surface area is 143 Å². The highest BCUT2D eigenvalue weighted by molar-refractivity contribution is 6.74. The predicted octanol–water partition coefficient (Wildman–Crippen LogP) is 5.96. The number of fused-ring (bicyclic) bond motifs is 1. The van der Waals surface area contributed by atoms with Gasteiger partial charge in [-0.15, -0.1) is 0 Å². The fourth-order valence-electron chi connectivity index (χ4n) is 2.87. The minimum Gasteiger partial charge on any atom is -0.489 e. The molecule has 0 amide bonds. The minimum atomic E-state index is -1.79. The van der Waals surface area contributed by atoms with E-state index >= 15 is 0 Å². The van der Waals surface area contributed by atoms with E-state index in [1.165, 1.54) is 16.7 Å². The van der Waals surface area contributed by atoms with Crippen molar-refractivity contribution < 1.29 is 9.16 Å². The zero-order chi connectivity index (χ0) is 17.3. The highest BCUT2D eigenvalue weighted by Gasteiger charge is 2.41. The van der Waals surface area contributed by atoms with Gasteiger partial charge in [-0.2, -0.15) is 0 Å². The molecule has 0 heterocycles. The van der Waals surface area contributed by atoms with Crippen LogP contribution in [-0.4, -0.2) is 14.9 Å².